The van der Waals surface area contributed by atoms with Gasteiger partial charge in [0.15, 0.2) is 5.78 Å². The summed E-state index contributed by atoms with van der Waals surface area (Å²) in [4.78, 5) is 24.2. The van der Waals surface area contributed by atoms with Gasteiger partial charge in [0.1, 0.15) is 0 Å². The monoisotopic (exact) mass is 291 g/mol. The first-order chi connectivity index (χ1) is 9.64. The van der Waals surface area contributed by atoms with Crippen LogP contribution in [0.3, 0.4) is 0 Å². The summed E-state index contributed by atoms with van der Waals surface area (Å²) in [6, 6.07) is 5.01. The molecule has 0 aliphatic carbocycles. The van der Waals surface area contributed by atoms with Gasteiger partial charge in [-0.2, -0.15) is 0 Å². The molecule has 0 bridgehead atoms. The number of methoxy groups -OCH3 is 1. The van der Waals surface area contributed by atoms with E-state index < -0.39 is 12.0 Å². The summed E-state index contributed by atoms with van der Waals surface area (Å²) in [6.45, 7) is 9.86. The fourth-order valence-corrected chi connectivity index (χ4v) is 2.08. The van der Waals surface area contributed by atoms with Crippen LogP contribution in [0.25, 0.3) is 0 Å². The molecule has 1 atom stereocenters. The molecule has 116 valence electrons. The number of benzene rings is 1. The van der Waals surface area contributed by atoms with Crippen LogP contribution >= 0.6 is 0 Å². The molecule has 4 heteroatoms. The van der Waals surface area contributed by atoms with Crippen LogP contribution in [0.1, 0.15) is 48.7 Å². The van der Waals surface area contributed by atoms with Crippen LogP contribution in [0.5, 0.6) is 0 Å². The normalized spacial score (nSPS) is 12.9. The Labute approximate surface area is 126 Å². The molecular weight excluding hydrogens is 266 g/mol. The highest BCUT2D eigenvalue weighted by molar-refractivity contribution is 6.02. The number of Topliss-reactive ketones (excluding diaryl/α,β-unsaturated/α-hetero) is 1. The molecule has 1 rings (SSSR count). The van der Waals surface area contributed by atoms with Crippen LogP contribution in [0.15, 0.2) is 18.2 Å². The second kappa shape index (κ2) is 6.85. The molecule has 0 aliphatic rings. The Morgan fingerprint density at radius 2 is 1.81 bits per heavy atom. The zero-order valence-electron chi connectivity index (χ0n) is 13.7. The van der Waals surface area contributed by atoms with Crippen LogP contribution < -0.4 is 5.32 Å². The van der Waals surface area contributed by atoms with Gasteiger partial charge in [0.2, 0.25) is 0 Å². The second-order valence-electron chi connectivity index (χ2n) is 6.39. The number of carbonyl (C=O) groups excluding carboxylic acids is 2. The first kappa shape index (κ1) is 17.4. The van der Waals surface area contributed by atoms with Gasteiger partial charge in [-0.3, -0.25) is 9.59 Å². The van der Waals surface area contributed by atoms with Crippen molar-refractivity contribution >= 4 is 11.8 Å². The van der Waals surface area contributed by atoms with Crippen molar-refractivity contribution in [1.82, 2.24) is 5.32 Å². The van der Waals surface area contributed by atoms with E-state index in [1.807, 2.05) is 46.8 Å². The Hall–Kier alpha value is -1.68. The number of esters is 1. The Morgan fingerprint density at radius 1 is 1.19 bits per heavy atom. The minimum absolute atomic E-state index is 0.0273. The number of ether oxygens (including phenoxy) is 1. The van der Waals surface area contributed by atoms with Crippen LogP contribution in [0.4, 0.5) is 0 Å². The molecule has 0 fully saturated rings. The summed E-state index contributed by atoms with van der Waals surface area (Å²) < 4.78 is 4.69. The Balaban J connectivity index is 3.03. The first-order valence-electron chi connectivity index (χ1n) is 7.10. The Bertz CT molecular complexity index is 529. The lowest BCUT2D eigenvalue weighted by Gasteiger charge is -2.27. The van der Waals surface area contributed by atoms with E-state index >= 15 is 0 Å². The third kappa shape index (κ3) is 5.31. The minimum Gasteiger partial charge on any atom is -0.469 e. The molecule has 0 aliphatic heterocycles. The lowest BCUT2D eigenvalue weighted by Crippen LogP contribution is -2.48. The molecule has 21 heavy (non-hydrogen) atoms. The number of rotatable bonds is 5. The van der Waals surface area contributed by atoms with E-state index in [1.165, 1.54) is 7.11 Å². The number of carbonyl (C=O) groups is 2. The van der Waals surface area contributed by atoms with Crippen molar-refractivity contribution in [2.24, 2.45) is 0 Å². The maximum absolute atomic E-state index is 12.7. The molecule has 0 radical (unpaired) electrons. The maximum Gasteiger partial charge on any atom is 0.307 e. The first-order valence-corrected chi connectivity index (χ1v) is 7.10. The van der Waals surface area contributed by atoms with Crippen molar-refractivity contribution in [1.29, 1.82) is 0 Å². The van der Waals surface area contributed by atoms with Crippen LogP contribution in [-0.2, 0) is 9.53 Å². The number of hydrogen-bond donors (Lipinski definition) is 1. The van der Waals surface area contributed by atoms with Crippen LogP contribution in [-0.4, -0.2) is 30.4 Å². The molecule has 1 unspecified atom stereocenters. The van der Waals surface area contributed by atoms with E-state index in [2.05, 4.69) is 5.32 Å². The summed E-state index contributed by atoms with van der Waals surface area (Å²) in [7, 11) is 1.33. The van der Waals surface area contributed by atoms with Crippen molar-refractivity contribution in [3.05, 3.63) is 34.9 Å². The van der Waals surface area contributed by atoms with Gasteiger partial charge in [-0.1, -0.05) is 12.1 Å². The summed E-state index contributed by atoms with van der Waals surface area (Å²) in [5.74, 6) is -0.479. The highest BCUT2D eigenvalue weighted by Crippen LogP contribution is 2.15. The predicted molar refractivity (Wildman–Crippen MR) is 83.6 cm³/mol. The van der Waals surface area contributed by atoms with E-state index in [0.29, 0.717) is 5.56 Å². The fraction of sp³-hybridized carbons (Fsp3) is 0.529. The summed E-state index contributed by atoms with van der Waals surface area (Å²) in [5.41, 5.74) is 2.55. The zero-order chi connectivity index (χ0) is 16.2. The number of aryl methyl sites for hydroxylation is 2. The molecule has 1 aromatic rings. The quantitative estimate of drug-likeness (QED) is 0.669. The smallest absolute Gasteiger partial charge is 0.307 e. The zero-order valence-corrected chi connectivity index (χ0v) is 13.7. The molecule has 0 aromatic heterocycles. The van der Waals surface area contributed by atoms with E-state index in [-0.39, 0.29) is 17.7 Å². The third-order valence-electron chi connectivity index (χ3n) is 3.31. The van der Waals surface area contributed by atoms with Gasteiger partial charge in [0, 0.05) is 11.1 Å². The van der Waals surface area contributed by atoms with E-state index in [1.54, 1.807) is 6.07 Å². The molecular formula is C17H25NO3. The number of ketones is 1. The SMILES string of the molecule is COC(=O)CC(NC(C)(C)C)C(=O)c1ccc(C)c(C)c1. The second-order valence-corrected chi connectivity index (χ2v) is 6.39. The number of hydrogen-bond acceptors (Lipinski definition) is 4. The van der Waals surface area contributed by atoms with Gasteiger partial charge in [-0.25, -0.2) is 0 Å². The molecule has 0 spiro atoms. The standard InChI is InChI=1S/C17H25NO3/c1-11-7-8-13(9-12(11)2)16(20)14(10-15(19)21-6)18-17(3,4)5/h7-9,14,18H,10H2,1-6H3. The predicted octanol–water partition coefficient (Wildman–Crippen LogP) is 2.81. The average molecular weight is 291 g/mol. The molecule has 4 nitrogen and oxygen atoms in total. The Kier molecular flexibility index (Phi) is 5.67. The van der Waals surface area contributed by atoms with Crippen LogP contribution in [0, 0.1) is 13.8 Å². The van der Waals surface area contributed by atoms with Crippen molar-refractivity contribution in [3.8, 4) is 0 Å². The highest BCUT2D eigenvalue weighted by atomic mass is 16.5. The molecule has 0 saturated carbocycles. The van der Waals surface area contributed by atoms with Gasteiger partial charge >= 0.3 is 5.97 Å². The van der Waals surface area contributed by atoms with E-state index in [0.717, 1.165) is 11.1 Å². The van der Waals surface area contributed by atoms with Crippen molar-refractivity contribution < 1.29 is 14.3 Å². The average Bonchev–Trinajstić information content (AvgIpc) is 2.38. The maximum atomic E-state index is 12.7. The van der Waals surface area contributed by atoms with Gasteiger partial charge in [-0.15, -0.1) is 0 Å². The topological polar surface area (TPSA) is 55.4 Å². The van der Waals surface area contributed by atoms with Gasteiger partial charge in [0.05, 0.1) is 19.6 Å². The molecule has 0 heterocycles. The molecule has 1 N–H and O–H groups in total. The van der Waals surface area contributed by atoms with Gasteiger partial charge in [0.25, 0.3) is 0 Å². The van der Waals surface area contributed by atoms with Crippen molar-refractivity contribution in [2.45, 2.75) is 52.6 Å². The van der Waals surface area contributed by atoms with E-state index in [9.17, 15) is 9.59 Å². The minimum atomic E-state index is -0.584. The fourth-order valence-electron chi connectivity index (χ4n) is 2.08. The molecule has 0 amide bonds. The lowest BCUT2D eigenvalue weighted by molar-refractivity contribution is -0.141. The van der Waals surface area contributed by atoms with Gasteiger partial charge in [-0.05, 0) is 51.8 Å². The summed E-state index contributed by atoms with van der Waals surface area (Å²) in [5, 5.41) is 3.20. The highest BCUT2D eigenvalue weighted by Gasteiger charge is 2.27. The van der Waals surface area contributed by atoms with E-state index in [4.69, 9.17) is 4.74 Å². The lowest BCUT2D eigenvalue weighted by atomic mass is 9.96. The summed E-state index contributed by atoms with van der Waals surface area (Å²) in [6.07, 6.45) is 0.0273. The van der Waals surface area contributed by atoms with Crippen LogP contribution in [0.2, 0.25) is 0 Å². The number of nitrogens with one attached hydrogen (secondary N) is 1. The van der Waals surface area contributed by atoms with Crippen molar-refractivity contribution in [3.63, 3.8) is 0 Å². The summed E-state index contributed by atoms with van der Waals surface area (Å²) >= 11 is 0. The molecule has 1 aromatic carbocycles. The Morgan fingerprint density at radius 3 is 2.29 bits per heavy atom. The molecule has 0 saturated heterocycles. The third-order valence-corrected chi connectivity index (χ3v) is 3.31. The largest absolute Gasteiger partial charge is 0.469 e. The van der Waals surface area contributed by atoms with Gasteiger partial charge < -0.3 is 10.1 Å². The van der Waals surface area contributed by atoms with Crippen molar-refractivity contribution in [2.75, 3.05) is 7.11 Å².